The third-order valence-corrected chi connectivity index (χ3v) is 5.35. The van der Waals surface area contributed by atoms with Gasteiger partial charge in [-0.05, 0) is 25.5 Å². The number of nitrogens with zero attached hydrogens (tertiary/aromatic N) is 1. The van der Waals surface area contributed by atoms with E-state index in [1.807, 2.05) is 26.0 Å². The Bertz CT molecular complexity index is 1170. The normalized spacial score (nSPS) is 20.6. The molecule has 0 aromatic heterocycles. The molecule has 1 atom stereocenters. The van der Waals surface area contributed by atoms with Gasteiger partial charge in [0.05, 0.1) is 5.69 Å². The number of anilines is 1. The van der Waals surface area contributed by atoms with Crippen molar-refractivity contribution >= 4 is 23.1 Å². The summed E-state index contributed by atoms with van der Waals surface area (Å²) >= 11 is 0. The second-order valence-corrected chi connectivity index (χ2v) is 7.39. The first-order valence-electron chi connectivity index (χ1n) is 9.59. The predicted molar refractivity (Wildman–Crippen MR) is 115 cm³/mol. The quantitative estimate of drug-likeness (QED) is 0.396. The lowest BCUT2D eigenvalue weighted by Crippen LogP contribution is -2.45. The molecule has 1 aliphatic heterocycles. The van der Waals surface area contributed by atoms with Crippen molar-refractivity contribution in [1.82, 2.24) is 0 Å². The van der Waals surface area contributed by atoms with Gasteiger partial charge in [-0.15, -0.1) is 0 Å². The number of rotatable bonds is 3. The van der Waals surface area contributed by atoms with Crippen LogP contribution in [0.4, 0.5) is 5.69 Å². The molecule has 1 aliphatic rings. The van der Waals surface area contributed by atoms with Crippen LogP contribution in [0.2, 0.25) is 0 Å². The molecule has 1 saturated heterocycles. The fourth-order valence-electron chi connectivity index (χ4n) is 3.92. The number of amides is 1. The van der Waals surface area contributed by atoms with Gasteiger partial charge in [0.2, 0.25) is 5.72 Å². The predicted octanol–water partition coefficient (Wildman–Crippen LogP) is 4.03. The fourth-order valence-corrected chi connectivity index (χ4v) is 3.92. The van der Waals surface area contributed by atoms with Gasteiger partial charge in [-0.3, -0.25) is 14.5 Å². The average molecular weight is 399 g/mol. The van der Waals surface area contributed by atoms with Crippen molar-refractivity contribution in [2.24, 2.45) is 0 Å². The Morgan fingerprint density at radius 1 is 0.867 bits per heavy atom. The van der Waals surface area contributed by atoms with E-state index in [0.29, 0.717) is 16.8 Å². The summed E-state index contributed by atoms with van der Waals surface area (Å²) in [5, 5.41) is 23.0. The molecular formula is C25H21NO4. The third-order valence-electron chi connectivity index (χ3n) is 5.35. The zero-order valence-electron chi connectivity index (χ0n) is 16.7. The van der Waals surface area contributed by atoms with Crippen molar-refractivity contribution < 1.29 is 19.8 Å². The highest BCUT2D eigenvalue weighted by Gasteiger charge is 2.58. The van der Waals surface area contributed by atoms with Crippen molar-refractivity contribution in [2.45, 2.75) is 19.6 Å². The Morgan fingerprint density at radius 2 is 1.47 bits per heavy atom. The van der Waals surface area contributed by atoms with Crippen molar-refractivity contribution in [1.29, 1.82) is 0 Å². The summed E-state index contributed by atoms with van der Waals surface area (Å²) in [7, 11) is 0. The highest BCUT2D eigenvalue weighted by molar-refractivity contribution is 6.52. The van der Waals surface area contributed by atoms with Gasteiger partial charge < -0.3 is 10.2 Å². The summed E-state index contributed by atoms with van der Waals surface area (Å²) in [5.74, 6) is -2.26. The van der Waals surface area contributed by atoms with Crippen LogP contribution in [-0.4, -0.2) is 21.9 Å². The van der Waals surface area contributed by atoms with Gasteiger partial charge in [0, 0.05) is 11.1 Å². The fraction of sp³-hybridized carbons (Fsp3) is 0.120. The summed E-state index contributed by atoms with van der Waals surface area (Å²) in [6.45, 7) is 3.73. The summed E-state index contributed by atoms with van der Waals surface area (Å²) in [6.07, 6.45) is 0. The van der Waals surface area contributed by atoms with E-state index >= 15 is 0 Å². The molecule has 0 unspecified atom stereocenters. The van der Waals surface area contributed by atoms with Crippen molar-refractivity contribution in [2.75, 3.05) is 4.90 Å². The van der Waals surface area contributed by atoms with E-state index in [0.717, 1.165) is 16.0 Å². The molecule has 0 bridgehead atoms. The highest BCUT2D eigenvalue weighted by atomic mass is 16.3. The molecule has 5 heteroatoms. The maximum atomic E-state index is 13.1. The Balaban J connectivity index is 2.04. The number of aliphatic hydroxyl groups is 2. The molecule has 150 valence electrons. The molecule has 1 fully saturated rings. The maximum Gasteiger partial charge on any atom is 0.302 e. The number of Topliss-reactive ketones (excluding diaryl/α,β-unsaturated/α-hetero) is 1. The zero-order valence-corrected chi connectivity index (χ0v) is 16.7. The van der Waals surface area contributed by atoms with Crippen LogP contribution in [-0.2, 0) is 15.3 Å². The van der Waals surface area contributed by atoms with Crippen LogP contribution in [0, 0.1) is 13.8 Å². The van der Waals surface area contributed by atoms with E-state index in [1.165, 1.54) is 0 Å². The lowest BCUT2D eigenvalue weighted by Gasteiger charge is -2.35. The topological polar surface area (TPSA) is 77.8 Å². The van der Waals surface area contributed by atoms with Crippen LogP contribution >= 0.6 is 0 Å². The van der Waals surface area contributed by atoms with Gasteiger partial charge >= 0.3 is 5.91 Å². The Labute approximate surface area is 174 Å². The molecule has 3 aromatic carbocycles. The smallest absolute Gasteiger partial charge is 0.302 e. The summed E-state index contributed by atoms with van der Waals surface area (Å²) < 4.78 is 0. The lowest BCUT2D eigenvalue weighted by molar-refractivity contribution is -0.132. The van der Waals surface area contributed by atoms with Gasteiger partial charge in [0.1, 0.15) is 11.3 Å². The van der Waals surface area contributed by atoms with Crippen LogP contribution in [0.3, 0.4) is 0 Å². The number of ketones is 1. The minimum atomic E-state index is -2.16. The first-order valence-corrected chi connectivity index (χ1v) is 9.59. The Hall–Kier alpha value is -3.70. The van der Waals surface area contributed by atoms with Crippen LogP contribution in [0.1, 0.15) is 22.3 Å². The van der Waals surface area contributed by atoms with Gasteiger partial charge in [0.15, 0.2) is 0 Å². The highest BCUT2D eigenvalue weighted by Crippen LogP contribution is 2.46. The largest absolute Gasteiger partial charge is 0.507 e. The Kier molecular flexibility index (Phi) is 4.76. The Morgan fingerprint density at radius 3 is 2.07 bits per heavy atom. The van der Waals surface area contributed by atoms with E-state index in [1.54, 1.807) is 66.7 Å². The zero-order chi connectivity index (χ0) is 21.5. The number of hydrogen-bond donors (Lipinski definition) is 2. The standard InChI is InChI=1S/C25H21NO4/c1-16-13-14-20(17(2)15-16)26-24(29)23(28)21(22(27)18-9-5-3-6-10-18)25(26,30)19-11-7-4-8-12-19/h3-15,27,30H,1-2H3/t25-/m0/s1. The van der Waals surface area contributed by atoms with Crippen LogP contribution < -0.4 is 4.90 Å². The summed E-state index contributed by atoms with van der Waals surface area (Å²) in [6, 6.07) is 22.2. The average Bonchev–Trinajstić information content (AvgIpc) is 2.96. The molecule has 0 radical (unpaired) electrons. The first kappa shape index (κ1) is 19.6. The molecule has 3 aromatic rings. The molecule has 1 amide bonds. The third kappa shape index (κ3) is 2.91. The van der Waals surface area contributed by atoms with Crippen LogP contribution in [0.5, 0.6) is 0 Å². The van der Waals surface area contributed by atoms with Crippen LogP contribution in [0.25, 0.3) is 5.76 Å². The second-order valence-electron chi connectivity index (χ2n) is 7.39. The van der Waals surface area contributed by atoms with Crippen LogP contribution in [0.15, 0.2) is 84.4 Å². The SMILES string of the molecule is Cc1ccc(N2C(=O)C(=O)C(=C(O)c3ccccc3)[C@@]2(O)c2ccccc2)c(C)c1. The van der Waals surface area contributed by atoms with Crippen molar-refractivity contribution in [3.05, 3.63) is 107 Å². The van der Waals surface area contributed by atoms with Gasteiger partial charge in [-0.2, -0.15) is 0 Å². The summed E-state index contributed by atoms with van der Waals surface area (Å²) in [5.41, 5.74) is 0.250. The van der Waals surface area contributed by atoms with E-state index < -0.39 is 23.2 Å². The second kappa shape index (κ2) is 7.28. The maximum absolute atomic E-state index is 13.1. The van der Waals surface area contributed by atoms with Crippen molar-refractivity contribution in [3.63, 3.8) is 0 Å². The number of aryl methyl sites for hydroxylation is 2. The molecule has 0 aliphatic carbocycles. The van der Waals surface area contributed by atoms with Gasteiger partial charge in [-0.1, -0.05) is 78.4 Å². The molecule has 5 nitrogen and oxygen atoms in total. The van der Waals surface area contributed by atoms with Crippen molar-refractivity contribution in [3.8, 4) is 0 Å². The first-order chi connectivity index (χ1) is 14.4. The molecule has 1 heterocycles. The van der Waals surface area contributed by atoms with E-state index in [2.05, 4.69) is 0 Å². The molecule has 2 N–H and O–H groups in total. The number of carbonyl (C=O) groups is 2. The monoisotopic (exact) mass is 399 g/mol. The molecular weight excluding hydrogens is 378 g/mol. The minimum Gasteiger partial charge on any atom is -0.507 e. The van der Waals surface area contributed by atoms with Gasteiger partial charge in [0.25, 0.3) is 5.78 Å². The molecule has 30 heavy (non-hydrogen) atoms. The number of aliphatic hydroxyl groups excluding tert-OH is 1. The molecule has 4 rings (SSSR count). The number of hydrogen-bond acceptors (Lipinski definition) is 4. The number of benzene rings is 3. The molecule has 0 saturated carbocycles. The number of carbonyl (C=O) groups excluding carboxylic acids is 2. The van der Waals surface area contributed by atoms with E-state index in [9.17, 15) is 19.8 Å². The van der Waals surface area contributed by atoms with Gasteiger partial charge in [-0.25, -0.2) is 0 Å². The minimum absolute atomic E-state index is 0.307. The van der Waals surface area contributed by atoms with E-state index in [-0.39, 0.29) is 5.57 Å². The molecule has 0 spiro atoms. The summed E-state index contributed by atoms with van der Waals surface area (Å²) in [4.78, 5) is 27.3. The van der Waals surface area contributed by atoms with E-state index in [4.69, 9.17) is 0 Å². The lowest BCUT2D eigenvalue weighted by atomic mass is 9.91.